The van der Waals surface area contributed by atoms with Crippen LogP contribution >= 0.6 is 11.8 Å². The molecule has 2 N–H and O–H groups in total. The van der Waals surface area contributed by atoms with Crippen molar-refractivity contribution in [3.05, 3.63) is 59.7 Å². The highest BCUT2D eigenvalue weighted by atomic mass is 32.2. The number of aliphatic carboxylic acids is 1. The summed E-state index contributed by atoms with van der Waals surface area (Å²) in [6, 6.07) is 14.5. The summed E-state index contributed by atoms with van der Waals surface area (Å²) in [5.74, 6) is -1.09. The molecule has 1 saturated heterocycles. The van der Waals surface area contributed by atoms with E-state index in [0.717, 1.165) is 35.1 Å². The van der Waals surface area contributed by atoms with Gasteiger partial charge in [0, 0.05) is 11.7 Å². The van der Waals surface area contributed by atoms with Gasteiger partial charge < -0.3 is 20.1 Å². The highest BCUT2D eigenvalue weighted by Gasteiger charge is 2.43. The molecule has 3 atom stereocenters. The molecule has 186 valence electrons. The van der Waals surface area contributed by atoms with E-state index >= 15 is 0 Å². The Bertz CT molecular complexity index is 1050. The lowest BCUT2D eigenvalue weighted by atomic mass is 9.98. The molecule has 2 unspecified atom stereocenters. The molecule has 8 heteroatoms. The lowest BCUT2D eigenvalue weighted by Crippen LogP contribution is -2.54. The number of carboxylic acids is 1. The van der Waals surface area contributed by atoms with Crippen molar-refractivity contribution in [2.45, 2.75) is 62.9 Å². The smallest absolute Gasteiger partial charge is 0.407 e. The Balaban J connectivity index is 1.46. The van der Waals surface area contributed by atoms with Crippen LogP contribution in [0.1, 0.15) is 56.6 Å². The molecule has 35 heavy (non-hydrogen) atoms. The summed E-state index contributed by atoms with van der Waals surface area (Å²) in [5.41, 5.74) is 4.52. The second kappa shape index (κ2) is 11.2. The zero-order valence-electron chi connectivity index (χ0n) is 20.1. The van der Waals surface area contributed by atoms with Gasteiger partial charge in [0.25, 0.3) is 0 Å². The first-order chi connectivity index (χ1) is 17.0. The number of carbonyl (C=O) groups excluding carboxylic acids is 2. The van der Waals surface area contributed by atoms with Crippen molar-refractivity contribution in [3.63, 3.8) is 0 Å². The second-order valence-electron chi connectivity index (χ2n) is 8.96. The third kappa shape index (κ3) is 5.17. The summed E-state index contributed by atoms with van der Waals surface area (Å²) in [6.07, 6.45) is 2.00. The van der Waals surface area contributed by atoms with Gasteiger partial charge in [-0.2, -0.15) is 0 Å². The van der Waals surface area contributed by atoms with Crippen molar-refractivity contribution in [2.24, 2.45) is 0 Å². The van der Waals surface area contributed by atoms with Gasteiger partial charge in [-0.15, -0.1) is 11.8 Å². The number of benzene rings is 2. The minimum Gasteiger partial charge on any atom is -0.480 e. The Kier molecular flexibility index (Phi) is 8.00. The first-order valence-electron chi connectivity index (χ1n) is 12.2. The van der Waals surface area contributed by atoms with Gasteiger partial charge in [0.2, 0.25) is 5.91 Å². The average Bonchev–Trinajstić information content (AvgIpc) is 3.44. The maximum Gasteiger partial charge on any atom is 0.407 e. The Morgan fingerprint density at radius 3 is 2.29 bits per heavy atom. The fourth-order valence-corrected chi connectivity index (χ4v) is 6.35. The van der Waals surface area contributed by atoms with Crippen LogP contribution in [0.25, 0.3) is 11.1 Å². The number of fused-ring (bicyclic) bond motifs is 3. The molecule has 4 rings (SSSR count). The quantitative estimate of drug-likeness (QED) is 0.515. The normalized spacial score (nSPS) is 19.7. The zero-order valence-corrected chi connectivity index (χ0v) is 20.9. The molecule has 1 fully saturated rings. The molecule has 1 aliphatic heterocycles. The predicted octanol–water partition coefficient (Wildman–Crippen LogP) is 4.85. The monoisotopic (exact) mass is 496 g/mol. The minimum absolute atomic E-state index is 0.0752. The summed E-state index contributed by atoms with van der Waals surface area (Å²) < 4.78 is 5.65. The van der Waals surface area contributed by atoms with Crippen LogP contribution in [0.2, 0.25) is 0 Å². The van der Waals surface area contributed by atoms with E-state index in [4.69, 9.17) is 4.74 Å². The van der Waals surface area contributed by atoms with E-state index in [1.54, 1.807) is 0 Å². The van der Waals surface area contributed by atoms with Crippen LogP contribution in [0.15, 0.2) is 48.5 Å². The molecular weight excluding hydrogens is 464 g/mol. The molecule has 0 spiro atoms. The third-order valence-corrected chi connectivity index (χ3v) is 8.21. The van der Waals surface area contributed by atoms with E-state index in [2.05, 4.69) is 29.6 Å². The molecule has 2 aromatic rings. The van der Waals surface area contributed by atoms with Gasteiger partial charge in [-0.25, -0.2) is 9.59 Å². The average molecular weight is 497 g/mol. The number of alkyl carbamates (subject to hydrolysis) is 1. The van der Waals surface area contributed by atoms with Gasteiger partial charge in [-0.1, -0.05) is 75.2 Å². The fourth-order valence-electron chi connectivity index (χ4n) is 4.99. The Labute approximate surface area is 210 Å². The lowest BCUT2D eigenvalue weighted by Gasteiger charge is -2.31. The van der Waals surface area contributed by atoms with Crippen LogP contribution in [0, 0.1) is 0 Å². The van der Waals surface area contributed by atoms with Crippen molar-refractivity contribution in [1.29, 1.82) is 0 Å². The number of carboxylic acid groups (broad SMARTS) is 1. The van der Waals surface area contributed by atoms with E-state index < -0.39 is 24.1 Å². The third-order valence-electron chi connectivity index (χ3n) is 6.76. The van der Waals surface area contributed by atoms with Crippen molar-refractivity contribution in [3.8, 4) is 11.1 Å². The molecule has 1 heterocycles. The summed E-state index contributed by atoms with van der Waals surface area (Å²) in [5, 5.41) is 12.2. The maximum atomic E-state index is 13.4. The van der Waals surface area contributed by atoms with Crippen molar-refractivity contribution in [2.75, 3.05) is 12.4 Å². The maximum absolute atomic E-state index is 13.4. The minimum atomic E-state index is -1.02. The summed E-state index contributed by atoms with van der Waals surface area (Å²) in [4.78, 5) is 39.5. The lowest BCUT2D eigenvalue weighted by molar-refractivity contribution is -0.150. The summed E-state index contributed by atoms with van der Waals surface area (Å²) >= 11 is 1.47. The molecule has 0 bridgehead atoms. The van der Waals surface area contributed by atoms with Crippen LogP contribution in [0.3, 0.4) is 0 Å². The SMILES string of the molecule is CCCC[C@H](NC(=O)OCC1c2ccccc2-c2ccccc21)C(=O)N1C(CC)SCC1C(=O)O. The van der Waals surface area contributed by atoms with Crippen molar-refractivity contribution in [1.82, 2.24) is 10.2 Å². The van der Waals surface area contributed by atoms with E-state index in [9.17, 15) is 19.5 Å². The molecule has 2 amide bonds. The van der Waals surface area contributed by atoms with Crippen LogP contribution in [0.4, 0.5) is 4.79 Å². The number of ether oxygens (including phenoxy) is 1. The molecule has 0 radical (unpaired) electrons. The zero-order chi connectivity index (χ0) is 24.9. The van der Waals surface area contributed by atoms with Crippen molar-refractivity contribution < 1.29 is 24.2 Å². The van der Waals surface area contributed by atoms with Gasteiger partial charge in [-0.3, -0.25) is 4.79 Å². The number of nitrogens with one attached hydrogen (secondary N) is 1. The van der Waals surface area contributed by atoms with Gasteiger partial charge in [0.1, 0.15) is 18.7 Å². The van der Waals surface area contributed by atoms with Gasteiger partial charge in [0.15, 0.2) is 0 Å². The summed E-state index contributed by atoms with van der Waals surface area (Å²) in [7, 11) is 0. The van der Waals surface area contributed by atoms with E-state index in [0.29, 0.717) is 18.6 Å². The first kappa shape index (κ1) is 25.1. The predicted molar refractivity (Wildman–Crippen MR) is 136 cm³/mol. The van der Waals surface area contributed by atoms with Gasteiger partial charge in [-0.05, 0) is 35.1 Å². The van der Waals surface area contributed by atoms with Crippen LogP contribution in [-0.4, -0.2) is 57.8 Å². The molecule has 7 nitrogen and oxygen atoms in total. The molecule has 2 aliphatic rings. The number of carbonyl (C=O) groups is 3. The molecule has 0 saturated carbocycles. The standard InChI is InChI=1S/C27H32N2O5S/c1-3-5-14-22(25(30)29-23(26(31)32)16-35-24(29)4-2)28-27(33)34-15-21-19-12-8-6-10-17(19)18-11-7-9-13-20(18)21/h6-13,21-24H,3-5,14-16H2,1-2H3,(H,28,33)(H,31,32)/t22-,23?,24?/m0/s1. The van der Waals surface area contributed by atoms with Crippen LogP contribution in [-0.2, 0) is 14.3 Å². The molecule has 1 aliphatic carbocycles. The number of amides is 2. The molecule has 0 aromatic heterocycles. The molecule has 2 aromatic carbocycles. The first-order valence-corrected chi connectivity index (χ1v) is 13.3. The Morgan fingerprint density at radius 2 is 1.71 bits per heavy atom. The van der Waals surface area contributed by atoms with E-state index in [1.165, 1.54) is 16.7 Å². The highest BCUT2D eigenvalue weighted by Crippen LogP contribution is 2.44. The number of hydrogen-bond donors (Lipinski definition) is 2. The van der Waals surface area contributed by atoms with Crippen LogP contribution in [0.5, 0.6) is 0 Å². The number of rotatable bonds is 9. The number of thioether (sulfide) groups is 1. The fraction of sp³-hybridized carbons (Fsp3) is 0.444. The summed E-state index contributed by atoms with van der Waals surface area (Å²) in [6.45, 7) is 4.10. The Hall–Kier alpha value is -3.00. The number of unbranched alkanes of at least 4 members (excludes halogenated alkanes) is 1. The van der Waals surface area contributed by atoms with Crippen molar-refractivity contribution >= 4 is 29.7 Å². The topological polar surface area (TPSA) is 95.9 Å². The number of hydrogen-bond acceptors (Lipinski definition) is 5. The highest BCUT2D eigenvalue weighted by molar-refractivity contribution is 8.00. The van der Waals surface area contributed by atoms with Gasteiger partial charge >= 0.3 is 12.1 Å². The molecular formula is C27H32N2O5S. The Morgan fingerprint density at radius 1 is 1.09 bits per heavy atom. The largest absolute Gasteiger partial charge is 0.480 e. The van der Waals surface area contributed by atoms with E-state index in [-0.39, 0.29) is 23.8 Å². The number of nitrogens with zero attached hydrogens (tertiary/aromatic N) is 1. The van der Waals surface area contributed by atoms with Gasteiger partial charge in [0.05, 0.1) is 5.37 Å². The second-order valence-corrected chi connectivity index (χ2v) is 10.2. The van der Waals surface area contributed by atoms with E-state index in [1.807, 2.05) is 38.1 Å². The van der Waals surface area contributed by atoms with Crippen LogP contribution < -0.4 is 5.32 Å².